The Balaban J connectivity index is 2.38. The third kappa shape index (κ3) is 5.79. The number of quaternary nitrogens is 1. The lowest BCUT2D eigenvalue weighted by atomic mass is 10.3. The van der Waals surface area contributed by atoms with Crippen LogP contribution in [0.4, 0.5) is 10.1 Å². The van der Waals surface area contributed by atoms with Crippen molar-refractivity contribution >= 4 is 17.5 Å². The largest absolute Gasteiger partial charge is 0.351 e. The van der Waals surface area contributed by atoms with Crippen molar-refractivity contribution in [3.63, 3.8) is 0 Å². The number of hydrogen-bond acceptors (Lipinski definition) is 2. The number of benzene rings is 1. The van der Waals surface area contributed by atoms with E-state index in [1.165, 1.54) is 12.1 Å². The monoisotopic (exact) mass is 282 g/mol. The van der Waals surface area contributed by atoms with Gasteiger partial charge in [0.05, 0.1) is 12.7 Å². The number of hydrogen-bond donors (Lipinski definition) is 3. The molecular weight excluding hydrogens is 261 g/mol. The van der Waals surface area contributed by atoms with Gasteiger partial charge in [0.25, 0.3) is 11.8 Å². The second-order valence-electron chi connectivity index (χ2n) is 4.69. The smallest absolute Gasteiger partial charge is 0.279 e. The molecule has 1 aromatic rings. The maximum Gasteiger partial charge on any atom is 0.279 e. The number of halogens is 1. The molecule has 0 aromatic heterocycles. The van der Waals surface area contributed by atoms with Gasteiger partial charge in [0, 0.05) is 6.54 Å². The Morgan fingerprint density at radius 1 is 1.20 bits per heavy atom. The van der Waals surface area contributed by atoms with E-state index in [0.717, 1.165) is 11.3 Å². The van der Waals surface area contributed by atoms with Crippen LogP contribution in [0.5, 0.6) is 0 Å². The van der Waals surface area contributed by atoms with Gasteiger partial charge in [-0.2, -0.15) is 0 Å². The lowest BCUT2D eigenvalue weighted by Gasteiger charge is -2.13. The van der Waals surface area contributed by atoms with Gasteiger partial charge in [0.2, 0.25) is 0 Å². The van der Waals surface area contributed by atoms with Crippen LogP contribution in [0.15, 0.2) is 24.3 Å². The van der Waals surface area contributed by atoms with Gasteiger partial charge >= 0.3 is 0 Å². The number of likely N-dealkylation sites (N-methyl/N-ethyl adjacent to an activating group) is 1. The maximum atomic E-state index is 13.4. The van der Waals surface area contributed by atoms with Gasteiger partial charge < -0.3 is 15.5 Å². The second-order valence-corrected chi connectivity index (χ2v) is 4.69. The van der Waals surface area contributed by atoms with Crippen LogP contribution in [-0.4, -0.2) is 38.5 Å². The number of amides is 2. The molecule has 1 rings (SSSR count). The van der Waals surface area contributed by atoms with E-state index in [1.807, 2.05) is 6.92 Å². The van der Waals surface area contributed by atoms with Crippen molar-refractivity contribution in [1.82, 2.24) is 5.32 Å². The van der Waals surface area contributed by atoms with Crippen LogP contribution < -0.4 is 15.5 Å². The minimum absolute atomic E-state index is 0.0944. The predicted octanol–water partition coefficient (Wildman–Crippen LogP) is -0.195. The molecule has 0 bridgehead atoms. The fraction of sp³-hybridized carbons (Fsp3) is 0.429. The Hall–Kier alpha value is -1.95. The number of para-hydroxylation sites is 1. The first-order chi connectivity index (χ1) is 9.52. The van der Waals surface area contributed by atoms with E-state index in [1.54, 1.807) is 19.2 Å². The van der Waals surface area contributed by atoms with Crippen LogP contribution in [0, 0.1) is 5.82 Å². The highest BCUT2D eigenvalue weighted by Gasteiger charge is 2.14. The molecule has 1 aromatic carbocycles. The van der Waals surface area contributed by atoms with E-state index in [-0.39, 0.29) is 30.6 Å². The highest BCUT2D eigenvalue weighted by Crippen LogP contribution is 2.11. The zero-order valence-electron chi connectivity index (χ0n) is 11.8. The highest BCUT2D eigenvalue weighted by molar-refractivity contribution is 5.91. The second kappa shape index (κ2) is 8.27. The molecule has 0 heterocycles. The molecule has 6 heteroatoms. The van der Waals surface area contributed by atoms with Gasteiger partial charge in [0.15, 0.2) is 13.1 Å². The molecule has 1 atom stereocenters. The topological polar surface area (TPSA) is 62.6 Å². The van der Waals surface area contributed by atoms with Crippen LogP contribution in [0.25, 0.3) is 0 Å². The quantitative estimate of drug-likeness (QED) is 0.649. The third-order valence-electron chi connectivity index (χ3n) is 2.64. The van der Waals surface area contributed by atoms with Crippen LogP contribution >= 0.6 is 0 Å². The average Bonchev–Trinajstić information content (AvgIpc) is 2.38. The van der Waals surface area contributed by atoms with Crippen molar-refractivity contribution in [1.29, 1.82) is 0 Å². The molecule has 0 aliphatic heterocycles. The molecule has 2 amide bonds. The molecule has 0 saturated heterocycles. The number of anilines is 1. The van der Waals surface area contributed by atoms with Crippen molar-refractivity contribution in [2.75, 3.05) is 32.0 Å². The van der Waals surface area contributed by atoms with Gasteiger partial charge in [-0.1, -0.05) is 19.1 Å². The Kier molecular flexibility index (Phi) is 6.66. The summed E-state index contributed by atoms with van der Waals surface area (Å²) in [5, 5.41) is 5.23. The highest BCUT2D eigenvalue weighted by atomic mass is 19.1. The Morgan fingerprint density at radius 3 is 2.50 bits per heavy atom. The summed E-state index contributed by atoms with van der Waals surface area (Å²) < 4.78 is 13.4. The molecule has 3 N–H and O–H groups in total. The van der Waals surface area contributed by atoms with Crippen LogP contribution in [0.1, 0.15) is 13.3 Å². The zero-order chi connectivity index (χ0) is 15.0. The van der Waals surface area contributed by atoms with Crippen molar-refractivity contribution < 1.29 is 18.9 Å². The molecule has 0 fully saturated rings. The first kappa shape index (κ1) is 16.1. The minimum atomic E-state index is -0.473. The molecule has 20 heavy (non-hydrogen) atoms. The summed E-state index contributed by atoms with van der Waals surface area (Å²) >= 11 is 0. The van der Waals surface area contributed by atoms with Gasteiger partial charge in [-0.15, -0.1) is 0 Å². The van der Waals surface area contributed by atoms with Gasteiger partial charge in [-0.05, 0) is 18.6 Å². The maximum absolute atomic E-state index is 13.4. The summed E-state index contributed by atoms with van der Waals surface area (Å²) in [7, 11) is 1.74. The minimum Gasteiger partial charge on any atom is -0.351 e. The first-order valence-electron chi connectivity index (χ1n) is 6.65. The summed E-state index contributed by atoms with van der Waals surface area (Å²) in [5.74, 6) is -0.891. The lowest BCUT2D eigenvalue weighted by molar-refractivity contribution is -0.862. The Bertz CT molecular complexity index is 465. The molecule has 1 unspecified atom stereocenters. The van der Waals surface area contributed by atoms with Crippen LogP contribution in [0.3, 0.4) is 0 Å². The SMILES string of the molecule is CCCNC(=O)C[NH+](C)CC(=O)Nc1ccccc1F. The van der Waals surface area contributed by atoms with E-state index in [4.69, 9.17) is 0 Å². The number of rotatable bonds is 7. The molecule has 0 spiro atoms. The molecular formula is C14H21FN3O2+. The lowest BCUT2D eigenvalue weighted by Crippen LogP contribution is -3.11. The number of carbonyl (C=O) groups is 2. The van der Waals surface area contributed by atoms with Gasteiger partial charge in [-0.25, -0.2) is 4.39 Å². The van der Waals surface area contributed by atoms with Gasteiger partial charge in [-0.3, -0.25) is 9.59 Å². The van der Waals surface area contributed by atoms with Crippen LogP contribution in [0.2, 0.25) is 0 Å². The molecule has 5 nitrogen and oxygen atoms in total. The fourth-order valence-electron chi connectivity index (χ4n) is 1.69. The van der Waals surface area contributed by atoms with Crippen molar-refractivity contribution in [3.05, 3.63) is 30.1 Å². The molecule has 0 aliphatic carbocycles. The standard InChI is InChI=1S/C14H20FN3O2/c1-3-8-16-13(19)9-18(2)10-14(20)17-12-7-5-4-6-11(12)15/h4-7H,3,8-10H2,1-2H3,(H,16,19)(H,17,20)/p+1. The third-order valence-corrected chi connectivity index (χ3v) is 2.64. The Labute approximate surface area is 118 Å². The fourth-order valence-corrected chi connectivity index (χ4v) is 1.69. The summed E-state index contributed by atoms with van der Waals surface area (Å²) in [4.78, 5) is 24.0. The van der Waals surface area contributed by atoms with Crippen LogP contribution in [-0.2, 0) is 9.59 Å². The van der Waals surface area contributed by atoms with E-state index >= 15 is 0 Å². The van der Waals surface area contributed by atoms with E-state index < -0.39 is 5.82 Å². The first-order valence-corrected chi connectivity index (χ1v) is 6.65. The van der Waals surface area contributed by atoms with Crippen molar-refractivity contribution in [2.45, 2.75) is 13.3 Å². The van der Waals surface area contributed by atoms with Gasteiger partial charge in [0.1, 0.15) is 5.82 Å². The summed E-state index contributed by atoms with van der Waals surface area (Å²) in [6.07, 6.45) is 0.874. The van der Waals surface area contributed by atoms with E-state index in [2.05, 4.69) is 10.6 Å². The molecule has 0 saturated carbocycles. The zero-order valence-corrected chi connectivity index (χ0v) is 11.8. The van der Waals surface area contributed by atoms with Crippen molar-refractivity contribution in [2.24, 2.45) is 0 Å². The average molecular weight is 282 g/mol. The summed E-state index contributed by atoms with van der Waals surface area (Å²) in [6.45, 7) is 2.92. The molecule has 0 radical (unpaired) electrons. The predicted molar refractivity (Wildman–Crippen MR) is 75.0 cm³/mol. The Morgan fingerprint density at radius 2 is 1.85 bits per heavy atom. The van der Waals surface area contributed by atoms with E-state index in [9.17, 15) is 14.0 Å². The normalized spacial score (nSPS) is 11.8. The van der Waals surface area contributed by atoms with E-state index in [0.29, 0.717) is 6.54 Å². The van der Waals surface area contributed by atoms with Crippen molar-refractivity contribution in [3.8, 4) is 0 Å². The number of nitrogens with one attached hydrogen (secondary N) is 3. The number of carbonyl (C=O) groups excluding carboxylic acids is 2. The molecule has 0 aliphatic rings. The summed E-state index contributed by atoms with van der Waals surface area (Å²) in [5.41, 5.74) is 0.153. The summed E-state index contributed by atoms with van der Waals surface area (Å²) in [6, 6.07) is 5.98. The molecule has 110 valence electrons.